The van der Waals surface area contributed by atoms with Crippen LogP contribution in [0.2, 0.25) is 0 Å². The molecule has 8 heavy (non-hydrogen) atoms. The van der Waals surface area contributed by atoms with E-state index >= 15 is 0 Å². The zero-order chi connectivity index (χ0) is 6.08. The van der Waals surface area contributed by atoms with Gasteiger partial charge in [0, 0.05) is 0 Å². The summed E-state index contributed by atoms with van der Waals surface area (Å²) in [7, 11) is -4.63. The van der Waals surface area contributed by atoms with Gasteiger partial charge < -0.3 is 10.3 Å². The molecule has 0 saturated carbocycles. The molecule has 0 heterocycles. The Labute approximate surface area is 89.3 Å². The molecule has 0 aliphatic heterocycles. The van der Waals surface area contributed by atoms with Crippen LogP contribution >= 0.6 is 0 Å². The third kappa shape index (κ3) is 5.16. The van der Waals surface area contributed by atoms with Gasteiger partial charge in [-0.2, -0.15) is 0 Å². The Morgan fingerprint density at radius 3 is 1.75 bits per heavy atom. The van der Waals surface area contributed by atoms with E-state index in [1.807, 2.05) is 0 Å². The Bertz CT molecular complexity index is 172. The zero-order valence-corrected chi connectivity index (χ0v) is 8.15. The second-order valence-electron chi connectivity index (χ2n) is 0.818. The molecule has 42 valence electrons. The SMILES string of the molecule is N=C(N)S(=O)(=O)[O-].[K+]. The first-order chi connectivity index (χ1) is 2.94. The first kappa shape index (κ1) is 11.8. The van der Waals surface area contributed by atoms with E-state index < -0.39 is 15.3 Å². The van der Waals surface area contributed by atoms with Crippen LogP contribution in [0.4, 0.5) is 0 Å². The molecule has 7 heteroatoms. The largest absolute Gasteiger partial charge is 1.00 e. The van der Waals surface area contributed by atoms with Crippen molar-refractivity contribution in [1.82, 2.24) is 0 Å². The molecule has 0 aliphatic carbocycles. The maximum atomic E-state index is 9.43. The fraction of sp³-hybridized carbons (Fsp3) is 0. The van der Waals surface area contributed by atoms with Crippen molar-refractivity contribution < 1.29 is 64.4 Å². The molecule has 0 aliphatic rings. The van der Waals surface area contributed by atoms with Crippen LogP contribution in [0, 0.1) is 5.41 Å². The summed E-state index contributed by atoms with van der Waals surface area (Å²) >= 11 is 0. The molecule has 0 atom stereocenters. The van der Waals surface area contributed by atoms with E-state index in [0.29, 0.717) is 0 Å². The normalized spacial score (nSPS) is 9.62. The fourth-order valence-corrected chi connectivity index (χ4v) is 0. The summed E-state index contributed by atoms with van der Waals surface area (Å²) in [5.41, 5.74) is 4.25. The van der Waals surface area contributed by atoms with Crippen molar-refractivity contribution in [2.24, 2.45) is 5.73 Å². The smallest absolute Gasteiger partial charge is 0.742 e. The van der Waals surface area contributed by atoms with E-state index in [1.54, 1.807) is 0 Å². The van der Waals surface area contributed by atoms with Crippen LogP contribution in [-0.2, 0) is 10.1 Å². The van der Waals surface area contributed by atoms with Crippen molar-refractivity contribution in [2.45, 2.75) is 0 Å². The van der Waals surface area contributed by atoms with Crippen molar-refractivity contribution in [3.8, 4) is 0 Å². The molecule has 0 aromatic heterocycles. The van der Waals surface area contributed by atoms with Gasteiger partial charge in [0.25, 0.3) is 0 Å². The number of hydrogen-bond donors (Lipinski definition) is 2. The molecule has 0 fully saturated rings. The summed E-state index contributed by atoms with van der Waals surface area (Å²) in [6.45, 7) is 0. The number of rotatable bonds is 0. The molecule has 0 amide bonds. The maximum Gasteiger partial charge on any atom is 1.00 e. The van der Waals surface area contributed by atoms with Crippen molar-refractivity contribution in [2.75, 3.05) is 0 Å². The number of hydrogen-bond acceptors (Lipinski definition) is 4. The monoisotopic (exact) mass is 162 g/mol. The summed E-state index contributed by atoms with van der Waals surface area (Å²) in [5, 5.41) is 4.68. The molecular weight excluding hydrogens is 159 g/mol. The van der Waals surface area contributed by atoms with Gasteiger partial charge in [0.1, 0.15) is 0 Å². The van der Waals surface area contributed by atoms with Gasteiger partial charge in [-0.15, -0.1) is 0 Å². The van der Waals surface area contributed by atoms with E-state index in [1.165, 1.54) is 0 Å². The van der Waals surface area contributed by atoms with E-state index in [2.05, 4.69) is 5.73 Å². The Hall–Kier alpha value is 1.02. The van der Waals surface area contributed by atoms with Crippen LogP contribution in [0.25, 0.3) is 0 Å². The minimum atomic E-state index is -4.63. The minimum Gasteiger partial charge on any atom is -0.742 e. The van der Waals surface area contributed by atoms with Crippen LogP contribution in [0.5, 0.6) is 0 Å². The molecule has 0 aromatic carbocycles. The van der Waals surface area contributed by atoms with Gasteiger partial charge in [0.05, 0.1) is 0 Å². The van der Waals surface area contributed by atoms with Crippen LogP contribution in [0.15, 0.2) is 0 Å². The van der Waals surface area contributed by atoms with Crippen molar-refractivity contribution >= 4 is 15.3 Å². The fourth-order valence-electron chi connectivity index (χ4n) is 0. The molecule has 0 radical (unpaired) electrons. The quantitative estimate of drug-likeness (QED) is 0.162. The van der Waals surface area contributed by atoms with Gasteiger partial charge in [-0.3, -0.25) is 5.41 Å². The van der Waals surface area contributed by atoms with Crippen molar-refractivity contribution in [1.29, 1.82) is 5.41 Å². The van der Waals surface area contributed by atoms with E-state index in [0.717, 1.165) is 0 Å². The summed E-state index contributed by atoms with van der Waals surface area (Å²) in [5.74, 6) is 0. The Morgan fingerprint density at radius 2 is 1.75 bits per heavy atom. The Morgan fingerprint density at radius 1 is 1.62 bits per heavy atom. The average molecular weight is 162 g/mol. The molecule has 0 rings (SSSR count). The topological polar surface area (TPSA) is 107 Å². The molecule has 0 spiro atoms. The molecule has 0 bridgehead atoms. The van der Waals surface area contributed by atoms with Gasteiger partial charge in [-0.25, -0.2) is 8.42 Å². The van der Waals surface area contributed by atoms with Gasteiger partial charge in [0.15, 0.2) is 15.3 Å². The van der Waals surface area contributed by atoms with Crippen molar-refractivity contribution in [3.63, 3.8) is 0 Å². The van der Waals surface area contributed by atoms with Crippen LogP contribution in [0.3, 0.4) is 0 Å². The molecule has 0 unspecified atom stereocenters. The summed E-state index contributed by atoms with van der Waals surface area (Å²) in [6.07, 6.45) is 0. The minimum absolute atomic E-state index is 0. The first-order valence-electron chi connectivity index (χ1n) is 1.24. The van der Waals surface area contributed by atoms with E-state index in [9.17, 15) is 13.0 Å². The van der Waals surface area contributed by atoms with Gasteiger partial charge in [-0.1, -0.05) is 0 Å². The van der Waals surface area contributed by atoms with Crippen LogP contribution in [0.1, 0.15) is 0 Å². The zero-order valence-electron chi connectivity index (χ0n) is 4.21. The molecule has 0 saturated heterocycles. The average Bonchev–Trinajstić information content (AvgIpc) is 1.31. The first-order valence-corrected chi connectivity index (χ1v) is 2.65. The van der Waals surface area contributed by atoms with Crippen LogP contribution in [-0.4, -0.2) is 18.1 Å². The van der Waals surface area contributed by atoms with E-state index in [-0.39, 0.29) is 51.4 Å². The number of nitrogens with one attached hydrogen (secondary N) is 1. The van der Waals surface area contributed by atoms with Crippen LogP contribution < -0.4 is 57.1 Å². The second kappa shape index (κ2) is 3.93. The molecular formula is CH3KN2O3S. The second-order valence-corrected chi connectivity index (χ2v) is 2.17. The summed E-state index contributed by atoms with van der Waals surface area (Å²) < 4.78 is 28.3. The van der Waals surface area contributed by atoms with Crippen molar-refractivity contribution in [3.05, 3.63) is 0 Å². The summed E-state index contributed by atoms with van der Waals surface area (Å²) in [6, 6.07) is 0. The standard InChI is InChI=1S/CH4N2O3S.K/c2-1(3)7(4,5)6;/h(H3,2,3)(H,4,5,6);/q;+1/p-1. The predicted molar refractivity (Wildman–Crippen MR) is 21.6 cm³/mol. The molecule has 0 aromatic rings. The van der Waals surface area contributed by atoms with Gasteiger partial charge >= 0.3 is 51.4 Å². The number of nitrogens with two attached hydrogens (primary N) is 1. The summed E-state index contributed by atoms with van der Waals surface area (Å²) in [4.78, 5) is 0. The molecule has 3 N–H and O–H groups in total. The third-order valence-corrected chi connectivity index (χ3v) is 0.808. The third-order valence-electron chi connectivity index (χ3n) is 0.269. The van der Waals surface area contributed by atoms with Gasteiger partial charge in [0.2, 0.25) is 0 Å². The van der Waals surface area contributed by atoms with E-state index in [4.69, 9.17) is 5.41 Å². The molecule has 5 nitrogen and oxygen atoms in total. The maximum absolute atomic E-state index is 9.43. The Balaban J connectivity index is 0. The number of amidine groups is 1. The van der Waals surface area contributed by atoms with Gasteiger partial charge in [-0.05, 0) is 0 Å². The Kier molecular flexibility index (Phi) is 5.79. The predicted octanol–water partition coefficient (Wildman–Crippen LogP) is -4.57.